The summed E-state index contributed by atoms with van der Waals surface area (Å²) in [6.07, 6.45) is 0. The maximum atomic E-state index is 11.8. The van der Waals surface area contributed by atoms with Crippen molar-refractivity contribution in [2.75, 3.05) is 5.32 Å². The third-order valence-electron chi connectivity index (χ3n) is 2.65. The molecule has 0 radical (unpaired) electrons. The first kappa shape index (κ1) is 14.1. The van der Waals surface area contributed by atoms with Crippen LogP contribution in [-0.4, -0.2) is 6.03 Å². The fourth-order valence-electron chi connectivity index (χ4n) is 1.66. The number of nitriles is 1. The Balaban J connectivity index is 1.93. The number of nitrogens with zero attached hydrogens (tertiary/aromatic N) is 1. The first-order chi connectivity index (χ1) is 9.69. The van der Waals surface area contributed by atoms with Crippen LogP contribution in [0, 0.1) is 11.3 Å². The van der Waals surface area contributed by atoms with E-state index in [2.05, 4.69) is 26.6 Å². The molecule has 2 rings (SSSR count). The highest BCUT2D eigenvalue weighted by molar-refractivity contribution is 9.10. The van der Waals surface area contributed by atoms with Crippen LogP contribution in [-0.2, 0) is 6.54 Å². The van der Waals surface area contributed by atoms with Gasteiger partial charge in [0.1, 0.15) is 0 Å². The summed E-state index contributed by atoms with van der Waals surface area (Å²) >= 11 is 3.42. The number of anilines is 1. The monoisotopic (exact) mass is 329 g/mol. The number of hydrogen-bond donors (Lipinski definition) is 2. The average Bonchev–Trinajstić information content (AvgIpc) is 2.46. The van der Waals surface area contributed by atoms with Crippen molar-refractivity contribution in [2.24, 2.45) is 0 Å². The van der Waals surface area contributed by atoms with E-state index < -0.39 is 0 Å². The molecule has 0 saturated heterocycles. The number of benzene rings is 2. The number of carbonyl (C=O) groups excluding carboxylic acids is 1. The van der Waals surface area contributed by atoms with E-state index in [1.54, 1.807) is 24.3 Å². The molecule has 0 aliphatic rings. The van der Waals surface area contributed by atoms with Gasteiger partial charge >= 0.3 is 6.03 Å². The lowest BCUT2D eigenvalue weighted by atomic mass is 10.2. The average molecular weight is 330 g/mol. The van der Waals surface area contributed by atoms with Gasteiger partial charge in [0.15, 0.2) is 0 Å². The second-order valence-electron chi connectivity index (χ2n) is 4.09. The molecule has 4 nitrogen and oxygen atoms in total. The number of halogens is 1. The van der Waals surface area contributed by atoms with Crippen molar-refractivity contribution in [1.29, 1.82) is 5.26 Å². The Labute approximate surface area is 125 Å². The molecule has 20 heavy (non-hydrogen) atoms. The second-order valence-corrected chi connectivity index (χ2v) is 4.95. The van der Waals surface area contributed by atoms with E-state index in [0.29, 0.717) is 17.8 Å². The summed E-state index contributed by atoms with van der Waals surface area (Å²) in [4.78, 5) is 11.8. The number of nitrogens with one attached hydrogen (secondary N) is 2. The summed E-state index contributed by atoms with van der Waals surface area (Å²) in [5, 5.41) is 14.2. The number of amides is 2. The van der Waals surface area contributed by atoms with E-state index in [4.69, 9.17) is 5.26 Å². The van der Waals surface area contributed by atoms with E-state index >= 15 is 0 Å². The van der Waals surface area contributed by atoms with Gasteiger partial charge in [-0.1, -0.05) is 40.2 Å². The van der Waals surface area contributed by atoms with Gasteiger partial charge in [-0.05, 0) is 29.8 Å². The van der Waals surface area contributed by atoms with Gasteiger partial charge in [0.25, 0.3) is 0 Å². The van der Waals surface area contributed by atoms with Gasteiger partial charge in [0.2, 0.25) is 0 Å². The summed E-state index contributed by atoms with van der Waals surface area (Å²) in [5.74, 6) is 0. The van der Waals surface area contributed by atoms with E-state index in [9.17, 15) is 4.79 Å². The Kier molecular flexibility index (Phi) is 4.75. The Bertz CT molecular complexity index is 664. The molecule has 0 heterocycles. The maximum absolute atomic E-state index is 11.8. The van der Waals surface area contributed by atoms with Crippen LogP contribution >= 0.6 is 15.9 Å². The normalized spacial score (nSPS) is 9.60. The standard InChI is InChI=1S/C15H12BrN3O/c16-14-7-2-1-5-12(14)10-18-15(20)19-13-6-3-4-11(8-13)9-17/h1-8H,10H2,(H2,18,19,20). The summed E-state index contributed by atoms with van der Waals surface area (Å²) in [6, 6.07) is 16.2. The number of carbonyl (C=O) groups is 1. The molecular formula is C15H12BrN3O. The maximum Gasteiger partial charge on any atom is 0.319 e. The highest BCUT2D eigenvalue weighted by Crippen LogP contribution is 2.15. The van der Waals surface area contributed by atoms with Gasteiger partial charge in [-0.2, -0.15) is 5.26 Å². The van der Waals surface area contributed by atoms with Crippen molar-refractivity contribution in [1.82, 2.24) is 5.32 Å². The first-order valence-corrected chi connectivity index (χ1v) is 6.77. The van der Waals surface area contributed by atoms with Gasteiger partial charge in [0, 0.05) is 16.7 Å². The third-order valence-corrected chi connectivity index (χ3v) is 3.42. The van der Waals surface area contributed by atoms with Crippen LogP contribution in [0.3, 0.4) is 0 Å². The SMILES string of the molecule is N#Cc1cccc(NC(=O)NCc2ccccc2Br)c1. The van der Waals surface area contributed by atoms with E-state index in [-0.39, 0.29) is 6.03 Å². The summed E-state index contributed by atoms with van der Waals surface area (Å²) in [6.45, 7) is 0.422. The molecule has 0 saturated carbocycles. The number of urea groups is 1. The summed E-state index contributed by atoms with van der Waals surface area (Å²) < 4.78 is 0.951. The van der Waals surface area contributed by atoms with E-state index in [1.807, 2.05) is 30.3 Å². The minimum absolute atomic E-state index is 0.309. The molecule has 2 N–H and O–H groups in total. The smallest absolute Gasteiger partial charge is 0.319 e. The molecule has 0 bridgehead atoms. The molecule has 2 aromatic rings. The fourth-order valence-corrected chi connectivity index (χ4v) is 2.08. The van der Waals surface area contributed by atoms with Crippen molar-refractivity contribution in [2.45, 2.75) is 6.54 Å². The molecular weight excluding hydrogens is 318 g/mol. The number of hydrogen-bond acceptors (Lipinski definition) is 2. The van der Waals surface area contributed by atoms with E-state index in [1.165, 1.54) is 0 Å². The van der Waals surface area contributed by atoms with Crippen LogP contribution in [0.2, 0.25) is 0 Å². The van der Waals surface area contributed by atoms with Crippen LogP contribution < -0.4 is 10.6 Å². The molecule has 5 heteroatoms. The van der Waals surface area contributed by atoms with Crippen molar-refractivity contribution < 1.29 is 4.79 Å². The zero-order valence-electron chi connectivity index (χ0n) is 10.6. The largest absolute Gasteiger partial charge is 0.334 e. The third kappa shape index (κ3) is 3.84. The molecule has 0 spiro atoms. The van der Waals surface area contributed by atoms with Gasteiger partial charge in [-0.15, -0.1) is 0 Å². The first-order valence-electron chi connectivity index (χ1n) is 5.97. The quantitative estimate of drug-likeness (QED) is 0.902. The predicted molar refractivity (Wildman–Crippen MR) is 81.2 cm³/mol. The van der Waals surface area contributed by atoms with Crippen LogP contribution in [0.1, 0.15) is 11.1 Å². The van der Waals surface area contributed by atoms with Gasteiger partial charge < -0.3 is 10.6 Å². The minimum atomic E-state index is -0.309. The van der Waals surface area contributed by atoms with Crippen molar-refractivity contribution in [3.8, 4) is 6.07 Å². The van der Waals surface area contributed by atoms with Crippen LogP contribution in [0.5, 0.6) is 0 Å². The lowest BCUT2D eigenvalue weighted by molar-refractivity contribution is 0.251. The molecule has 0 atom stereocenters. The van der Waals surface area contributed by atoms with Crippen LogP contribution in [0.15, 0.2) is 53.0 Å². The molecule has 0 fully saturated rings. The Morgan fingerprint density at radius 3 is 2.75 bits per heavy atom. The molecule has 0 aliphatic carbocycles. The van der Waals surface area contributed by atoms with E-state index in [0.717, 1.165) is 10.0 Å². The Morgan fingerprint density at radius 1 is 1.20 bits per heavy atom. The van der Waals surface area contributed by atoms with Gasteiger partial charge in [0.05, 0.1) is 11.6 Å². The highest BCUT2D eigenvalue weighted by Gasteiger charge is 2.04. The lowest BCUT2D eigenvalue weighted by Crippen LogP contribution is -2.28. The Morgan fingerprint density at radius 2 is 2.00 bits per heavy atom. The molecule has 0 unspecified atom stereocenters. The molecule has 0 aliphatic heterocycles. The fraction of sp³-hybridized carbons (Fsp3) is 0.0667. The van der Waals surface area contributed by atoms with Crippen molar-refractivity contribution >= 4 is 27.6 Å². The van der Waals surface area contributed by atoms with Crippen molar-refractivity contribution in [3.05, 3.63) is 64.1 Å². The highest BCUT2D eigenvalue weighted by atomic mass is 79.9. The minimum Gasteiger partial charge on any atom is -0.334 e. The topological polar surface area (TPSA) is 64.9 Å². The Hall–Kier alpha value is -2.32. The number of rotatable bonds is 3. The molecule has 2 aromatic carbocycles. The zero-order valence-corrected chi connectivity index (χ0v) is 12.1. The van der Waals surface area contributed by atoms with Gasteiger partial charge in [-0.25, -0.2) is 4.79 Å². The lowest BCUT2D eigenvalue weighted by Gasteiger charge is -2.09. The summed E-state index contributed by atoms with van der Waals surface area (Å²) in [5.41, 5.74) is 2.09. The summed E-state index contributed by atoms with van der Waals surface area (Å²) in [7, 11) is 0. The second kappa shape index (κ2) is 6.73. The molecule has 100 valence electrons. The zero-order chi connectivity index (χ0) is 14.4. The van der Waals surface area contributed by atoms with Gasteiger partial charge in [-0.3, -0.25) is 0 Å². The molecule has 2 amide bonds. The van der Waals surface area contributed by atoms with Crippen molar-refractivity contribution in [3.63, 3.8) is 0 Å². The van der Waals surface area contributed by atoms with Crippen LogP contribution in [0.4, 0.5) is 10.5 Å². The van der Waals surface area contributed by atoms with Crippen LogP contribution in [0.25, 0.3) is 0 Å². The molecule has 0 aromatic heterocycles. The predicted octanol–water partition coefficient (Wildman–Crippen LogP) is 3.64.